The van der Waals surface area contributed by atoms with Crippen LogP contribution in [0.4, 0.5) is 0 Å². The molecule has 0 radical (unpaired) electrons. The molecule has 2 amide bonds. The molecule has 1 N–H and O–H groups in total. The Morgan fingerprint density at radius 3 is 2.59 bits per heavy atom. The summed E-state index contributed by atoms with van der Waals surface area (Å²) in [5, 5.41) is 3.00. The fraction of sp³-hybridized carbons (Fsp3) is 0.435. The minimum atomic E-state index is -0.134. The number of rotatable bonds is 6. The number of hydrogen-bond acceptors (Lipinski definition) is 4. The van der Waals surface area contributed by atoms with Crippen molar-refractivity contribution in [3.63, 3.8) is 0 Å². The zero-order chi connectivity index (χ0) is 20.8. The molecule has 6 heteroatoms. The number of aryl methyl sites for hydroxylation is 1. The number of nitrogens with one attached hydrogen (secondary N) is 1. The van der Waals surface area contributed by atoms with Crippen molar-refractivity contribution in [2.75, 3.05) is 20.2 Å². The number of ether oxygens (including phenoxy) is 1. The molecule has 1 aliphatic rings. The number of nitrogens with zero attached hydrogens (tertiary/aromatic N) is 2. The van der Waals surface area contributed by atoms with E-state index in [-0.39, 0.29) is 17.7 Å². The topological polar surface area (TPSA) is 71.5 Å². The van der Waals surface area contributed by atoms with E-state index in [0.29, 0.717) is 18.5 Å². The first kappa shape index (κ1) is 20.8. The van der Waals surface area contributed by atoms with Crippen LogP contribution in [0.15, 0.2) is 36.4 Å². The molecule has 1 saturated heterocycles. The molecule has 1 aliphatic heterocycles. The van der Waals surface area contributed by atoms with Crippen LogP contribution in [0.25, 0.3) is 0 Å². The molecule has 1 aromatic heterocycles. The quantitative estimate of drug-likeness (QED) is 0.813. The van der Waals surface area contributed by atoms with Gasteiger partial charge in [-0.05, 0) is 38.0 Å². The van der Waals surface area contributed by atoms with Gasteiger partial charge in [-0.3, -0.25) is 14.6 Å². The van der Waals surface area contributed by atoms with Gasteiger partial charge in [-0.25, -0.2) is 0 Å². The standard InChI is InChI=1S/C23H29N3O3/c1-4-21(27)26-13-11-17(12-14-26)22-19(10-9-16(2)25-22)23(28)24-15-18-7-5-6-8-20(18)29-3/h5-10,17H,4,11-15H2,1-3H3,(H,24,28). The molecule has 1 aromatic carbocycles. The lowest BCUT2D eigenvalue weighted by Crippen LogP contribution is -2.38. The highest BCUT2D eigenvalue weighted by Gasteiger charge is 2.27. The number of methoxy groups -OCH3 is 1. The minimum Gasteiger partial charge on any atom is -0.496 e. The van der Waals surface area contributed by atoms with Gasteiger partial charge in [0, 0.05) is 43.2 Å². The second kappa shape index (κ2) is 9.54. The molecule has 1 fully saturated rings. The van der Waals surface area contributed by atoms with Gasteiger partial charge >= 0.3 is 0 Å². The van der Waals surface area contributed by atoms with E-state index in [0.717, 1.165) is 48.6 Å². The molecule has 0 aliphatic carbocycles. The molecule has 0 atom stereocenters. The average Bonchev–Trinajstić information content (AvgIpc) is 2.77. The number of piperidine rings is 1. The molecule has 0 unspecified atom stereocenters. The number of para-hydroxylation sites is 1. The van der Waals surface area contributed by atoms with Crippen molar-refractivity contribution in [1.82, 2.24) is 15.2 Å². The van der Waals surface area contributed by atoms with E-state index in [4.69, 9.17) is 9.72 Å². The first-order valence-electron chi connectivity index (χ1n) is 10.2. The van der Waals surface area contributed by atoms with Gasteiger partial charge in [-0.2, -0.15) is 0 Å². The summed E-state index contributed by atoms with van der Waals surface area (Å²) in [6, 6.07) is 11.4. The Hall–Kier alpha value is -2.89. The lowest BCUT2D eigenvalue weighted by atomic mass is 9.89. The van der Waals surface area contributed by atoms with E-state index in [1.54, 1.807) is 7.11 Å². The number of amides is 2. The average molecular weight is 396 g/mol. The molecule has 2 aromatic rings. The molecular formula is C23H29N3O3. The number of pyridine rings is 1. The molecular weight excluding hydrogens is 366 g/mol. The number of carbonyl (C=O) groups excluding carboxylic acids is 2. The Bertz CT molecular complexity index is 873. The maximum absolute atomic E-state index is 13.0. The highest BCUT2D eigenvalue weighted by atomic mass is 16.5. The normalized spacial score (nSPS) is 14.5. The van der Waals surface area contributed by atoms with Gasteiger partial charge in [-0.1, -0.05) is 25.1 Å². The molecule has 0 saturated carbocycles. The zero-order valence-corrected chi connectivity index (χ0v) is 17.4. The summed E-state index contributed by atoms with van der Waals surface area (Å²) in [6.45, 7) is 5.65. The maximum Gasteiger partial charge on any atom is 0.253 e. The predicted octanol–water partition coefficient (Wildman–Crippen LogP) is 3.44. The highest BCUT2D eigenvalue weighted by Crippen LogP contribution is 2.30. The molecule has 0 spiro atoms. The Labute approximate surface area is 172 Å². The van der Waals surface area contributed by atoms with Crippen molar-refractivity contribution >= 4 is 11.8 Å². The van der Waals surface area contributed by atoms with Crippen LogP contribution in [-0.2, 0) is 11.3 Å². The summed E-state index contributed by atoms with van der Waals surface area (Å²) in [5.41, 5.74) is 3.28. The first-order chi connectivity index (χ1) is 14.0. The van der Waals surface area contributed by atoms with Crippen LogP contribution >= 0.6 is 0 Å². The molecule has 6 nitrogen and oxygen atoms in total. The van der Waals surface area contributed by atoms with Gasteiger partial charge in [0.15, 0.2) is 0 Å². The van der Waals surface area contributed by atoms with Crippen molar-refractivity contribution in [2.24, 2.45) is 0 Å². The summed E-state index contributed by atoms with van der Waals surface area (Å²) in [4.78, 5) is 31.5. The lowest BCUT2D eigenvalue weighted by Gasteiger charge is -2.32. The van der Waals surface area contributed by atoms with E-state index >= 15 is 0 Å². The third-order valence-corrected chi connectivity index (χ3v) is 5.48. The summed E-state index contributed by atoms with van der Waals surface area (Å²) in [7, 11) is 1.62. The van der Waals surface area contributed by atoms with Gasteiger partial charge in [-0.15, -0.1) is 0 Å². The van der Waals surface area contributed by atoms with Gasteiger partial charge in [0.1, 0.15) is 5.75 Å². The van der Waals surface area contributed by atoms with Crippen LogP contribution in [-0.4, -0.2) is 41.9 Å². The van der Waals surface area contributed by atoms with Crippen LogP contribution in [0.3, 0.4) is 0 Å². The summed E-state index contributed by atoms with van der Waals surface area (Å²) in [6.07, 6.45) is 2.19. The van der Waals surface area contributed by atoms with Crippen LogP contribution in [0.5, 0.6) is 5.75 Å². The molecule has 0 bridgehead atoms. The van der Waals surface area contributed by atoms with Crippen LogP contribution in [0.1, 0.15) is 59.4 Å². The zero-order valence-electron chi connectivity index (χ0n) is 17.4. The Balaban J connectivity index is 1.73. The maximum atomic E-state index is 13.0. The van der Waals surface area contributed by atoms with E-state index in [1.165, 1.54) is 0 Å². The third kappa shape index (κ3) is 4.94. The highest BCUT2D eigenvalue weighted by molar-refractivity contribution is 5.95. The fourth-order valence-corrected chi connectivity index (χ4v) is 3.83. The second-order valence-electron chi connectivity index (χ2n) is 7.39. The Morgan fingerprint density at radius 1 is 1.17 bits per heavy atom. The first-order valence-corrected chi connectivity index (χ1v) is 10.2. The van der Waals surface area contributed by atoms with Crippen LogP contribution in [0, 0.1) is 6.92 Å². The molecule has 29 heavy (non-hydrogen) atoms. The van der Waals surface area contributed by atoms with Gasteiger partial charge in [0.05, 0.1) is 18.4 Å². The van der Waals surface area contributed by atoms with E-state index in [1.807, 2.05) is 55.1 Å². The summed E-state index contributed by atoms with van der Waals surface area (Å²) < 4.78 is 5.36. The van der Waals surface area contributed by atoms with Crippen molar-refractivity contribution < 1.29 is 14.3 Å². The van der Waals surface area contributed by atoms with E-state index < -0.39 is 0 Å². The SMILES string of the molecule is CCC(=O)N1CCC(c2nc(C)ccc2C(=O)NCc2ccccc2OC)CC1. The van der Waals surface area contributed by atoms with Gasteiger partial charge in [0.2, 0.25) is 5.91 Å². The van der Waals surface area contributed by atoms with Crippen molar-refractivity contribution in [3.8, 4) is 5.75 Å². The smallest absolute Gasteiger partial charge is 0.253 e. The lowest BCUT2D eigenvalue weighted by molar-refractivity contribution is -0.131. The number of aromatic nitrogens is 1. The number of hydrogen-bond donors (Lipinski definition) is 1. The summed E-state index contributed by atoms with van der Waals surface area (Å²) in [5.74, 6) is 0.992. The van der Waals surface area contributed by atoms with Crippen molar-refractivity contribution in [3.05, 3.63) is 58.9 Å². The summed E-state index contributed by atoms with van der Waals surface area (Å²) >= 11 is 0. The Morgan fingerprint density at radius 2 is 1.90 bits per heavy atom. The third-order valence-electron chi connectivity index (χ3n) is 5.48. The number of carbonyl (C=O) groups is 2. The number of benzene rings is 1. The Kier molecular flexibility index (Phi) is 6.86. The van der Waals surface area contributed by atoms with Crippen molar-refractivity contribution in [1.29, 1.82) is 0 Å². The molecule has 2 heterocycles. The molecule has 154 valence electrons. The van der Waals surface area contributed by atoms with Gasteiger partial charge < -0.3 is 15.0 Å². The number of likely N-dealkylation sites (tertiary alicyclic amines) is 1. The van der Waals surface area contributed by atoms with Crippen LogP contribution < -0.4 is 10.1 Å². The van der Waals surface area contributed by atoms with Crippen molar-refractivity contribution in [2.45, 2.75) is 45.6 Å². The van der Waals surface area contributed by atoms with Gasteiger partial charge in [0.25, 0.3) is 5.91 Å². The minimum absolute atomic E-state index is 0.134. The largest absolute Gasteiger partial charge is 0.496 e. The van der Waals surface area contributed by atoms with E-state index in [9.17, 15) is 9.59 Å². The monoisotopic (exact) mass is 395 g/mol. The predicted molar refractivity (Wildman–Crippen MR) is 112 cm³/mol. The van der Waals surface area contributed by atoms with E-state index in [2.05, 4.69) is 5.32 Å². The molecule has 3 rings (SSSR count). The fourth-order valence-electron chi connectivity index (χ4n) is 3.83. The second-order valence-corrected chi connectivity index (χ2v) is 7.39. The van der Waals surface area contributed by atoms with Crippen LogP contribution in [0.2, 0.25) is 0 Å².